The molecule has 0 unspecified atom stereocenters. The fourth-order valence-electron chi connectivity index (χ4n) is 2.59. The van der Waals surface area contributed by atoms with Crippen molar-refractivity contribution in [3.05, 3.63) is 11.9 Å². The monoisotopic (exact) mass is 237 g/mol. The number of nitrogens with zero attached hydrogens (tertiary/aromatic N) is 3. The van der Waals surface area contributed by atoms with E-state index in [1.165, 1.54) is 0 Å². The van der Waals surface area contributed by atoms with Gasteiger partial charge in [-0.2, -0.15) is 0 Å². The van der Waals surface area contributed by atoms with Gasteiger partial charge < -0.3 is 5.11 Å². The molecule has 4 heteroatoms. The van der Waals surface area contributed by atoms with Gasteiger partial charge in [-0.15, -0.1) is 5.10 Å². The van der Waals surface area contributed by atoms with Gasteiger partial charge in [0, 0.05) is 6.54 Å². The maximum Gasteiger partial charge on any atom is 0.108 e. The fourth-order valence-corrected chi connectivity index (χ4v) is 2.59. The molecule has 0 aromatic carbocycles. The number of rotatable bonds is 3. The van der Waals surface area contributed by atoms with Crippen molar-refractivity contribution < 1.29 is 5.11 Å². The van der Waals surface area contributed by atoms with Crippen molar-refractivity contribution in [1.82, 2.24) is 15.0 Å². The summed E-state index contributed by atoms with van der Waals surface area (Å²) in [5, 5.41) is 18.8. The Morgan fingerprint density at radius 1 is 1.29 bits per heavy atom. The Morgan fingerprint density at radius 2 is 1.94 bits per heavy atom. The average Bonchev–Trinajstić information content (AvgIpc) is 2.73. The number of hydrogen-bond acceptors (Lipinski definition) is 3. The largest absolute Gasteiger partial charge is 0.384 e. The van der Waals surface area contributed by atoms with Crippen LogP contribution in [0.5, 0.6) is 0 Å². The lowest BCUT2D eigenvalue weighted by molar-refractivity contribution is -0.0374. The van der Waals surface area contributed by atoms with Crippen LogP contribution in [0.4, 0.5) is 0 Å². The minimum atomic E-state index is -0.714. The lowest BCUT2D eigenvalue weighted by atomic mass is 9.70. The van der Waals surface area contributed by atoms with Crippen LogP contribution in [0.25, 0.3) is 0 Å². The molecule has 0 atom stereocenters. The van der Waals surface area contributed by atoms with Gasteiger partial charge in [0.2, 0.25) is 0 Å². The maximum atomic E-state index is 10.8. The van der Waals surface area contributed by atoms with Crippen LogP contribution in [0.3, 0.4) is 0 Å². The van der Waals surface area contributed by atoms with E-state index < -0.39 is 5.60 Å². The zero-order valence-electron chi connectivity index (χ0n) is 11.1. The molecule has 0 spiro atoms. The van der Waals surface area contributed by atoms with Crippen LogP contribution in [-0.4, -0.2) is 20.1 Å². The molecular weight excluding hydrogens is 214 g/mol. The molecule has 1 saturated carbocycles. The third-order valence-corrected chi connectivity index (χ3v) is 3.96. The van der Waals surface area contributed by atoms with Crippen molar-refractivity contribution >= 4 is 0 Å². The highest BCUT2D eigenvalue weighted by Gasteiger charge is 2.40. The van der Waals surface area contributed by atoms with Crippen LogP contribution in [0.1, 0.15) is 58.6 Å². The smallest absolute Gasteiger partial charge is 0.108 e. The maximum absolute atomic E-state index is 10.8. The van der Waals surface area contributed by atoms with Crippen molar-refractivity contribution in [2.75, 3.05) is 0 Å². The van der Waals surface area contributed by atoms with Crippen LogP contribution >= 0.6 is 0 Å². The Morgan fingerprint density at radius 3 is 2.53 bits per heavy atom. The summed E-state index contributed by atoms with van der Waals surface area (Å²) in [5.41, 5.74) is 0.540. The molecule has 0 bridgehead atoms. The third-order valence-electron chi connectivity index (χ3n) is 3.96. The minimum absolute atomic E-state index is 0.356. The molecule has 4 nitrogen and oxygen atoms in total. The zero-order valence-corrected chi connectivity index (χ0v) is 11.1. The Labute approximate surface area is 103 Å². The Hall–Kier alpha value is -0.900. The molecule has 0 amide bonds. The van der Waals surface area contributed by atoms with Gasteiger partial charge in [0.05, 0.1) is 11.9 Å². The van der Waals surface area contributed by atoms with Crippen molar-refractivity contribution in [1.29, 1.82) is 0 Å². The van der Waals surface area contributed by atoms with E-state index in [-0.39, 0.29) is 0 Å². The summed E-state index contributed by atoms with van der Waals surface area (Å²) in [5.74, 6) is 0. The van der Waals surface area contributed by atoms with Crippen LogP contribution in [0.15, 0.2) is 6.20 Å². The van der Waals surface area contributed by atoms with Gasteiger partial charge in [0.15, 0.2) is 0 Å². The lowest BCUT2D eigenvalue weighted by Crippen LogP contribution is -2.36. The molecule has 1 N–H and O–H groups in total. The standard InChI is InChI=1S/C13H23N3O/c1-4-9-16-11(10-14-15-16)13(17)7-5-12(2,3)6-8-13/h10,17H,4-9H2,1-3H3. The highest BCUT2D eigenvalue weighted by molar-refractivity contribution is 5.10. The predicted molar refractivity (Wildman–Crippen MR) is 66.5 cm³/mol. The molecule has 17 heavy (non-hydrogen) atoms. The van der Waals surface area contributed by atoms with E-state index in [0.717, 1.165) is 44.3 Å². The Balaban J connectivity index is 2.18. The molecule has 1 aromatic rings. The van der Waals surface area contributed by atoms with Gasteiger partial charge >= 0.3 is 0 Å². The van der Waals surface area contributed by atoms with E-state index >= 15 is 0 Å². The van der Waals surface area contributed by atoms with E-state index in [4.69, 9.17) is 0 Å². The minimum Gasteiger partial charge on any atom is -0.384 e. The SMILES string of the molecule is CCCn1nncc1C1(O)CCC(C)(C)CC1. The molecule has 1 aliphatic carbocycles. The van der Waals surface area contributed by atoms with Crippen LogP contribution in [-0.2, 0) is 12.1 Å². The van der Waals surface area contributed by atoms with E-state index in [1.54, 1.807) is 6.20 Å². The molecule has 1 aliphatic rings. The summed E-state index contributed by atoms with van der Waals surface area (Å²) in [6.45, 7) is 7.49. The van der Waals surface area contributed by atoms with E-state index in [9.17, 15) is 5.11 Å². The number of aromatic nitrogens is 3. The fraction of sp³-hybridized carbons (Fsp3) is 0.846. The van der Waals surface area contributed by atoms with Gasteiger partial charge in [-0.3, -0.25) is 0 Å². The first-order valence-electron chi connectivity index (χ1n) is 6.58. The van der Waals surface area contributed by atoms with E-state index in [1.807, 2.05) is 4.68 Å². The van der Waals surface area contributed by atoms with Crippen LogP contribution in [0.2, 0.25) is 0 Å². The van der Waals surface area contributed by atoms with Crippen molar-refractivity contribution in [3.63, 3.8) is 0 Å². The Bertz CT molecular complexity index is 374. The second-order valence-electron chi connectivity index (χ2n) is 6.04. The zero-order chi connectivity index (χ0) is 12.5. The molecule has 0 saturated heterocycles. The normalized spacial score (nSPS) is 22.6. The van der Waals surface area contributed by atoms with Crippen molar-refractivity contribution in [2.45, 2.75) is 65.0 Å². The first-order valence-corrected chi connectivity index (χ1v) is 6.58. The summed E-state index contributed by atoms with van der Waals surface area (Å²) in [6, 6.07) is 0. The summed E-state index contributed by atoms with van der Waals surface area (Å²) in [6.07, 6.45) is 6.49. The predicted octanol–water partition coefficient (Wildman–Crippen LogP) is 2.48. The highest BCUT2D eigenvalue weighted by atomic mass is 16.3. The molecule has 0 radical (unpaired) electrons. The van der Waals surface area contributed by atoms with Gasteiger partial charge in [0.25, 0.3) is 0 Å². The van der Waals surface area contributed by atoms with Gasteiger partial charge in [-0.05, 0) is 37.5 Å². The first-order chi connectivity index (χ1) is 7.97. The van der Waals surface area contributed by atoms with E-state index in [2.05, 4.69) is 31.1 Å². The summed E-state index contributed by atoms with van der Waals surface area (Å²) in [7, 11) is 0. The third kappa shape index (κ3) is 2.51. The van der Waals surface area contributed by atoms with Gasteiger partial charge in [-0.1, -0.05) is 26.0 Å². The quantitative estimate of drug-likeness (QED) is 0.878. The molecule has 2 rings (SSSR count). The molecule has 1 fully saturated rings. The second kappa shape index (κ2) is 4.41. The van der Waals surface area contributed by atoms with Crippen LogP contribution in [0, 0.1) is 5.41 Å². The number of aryl methyl sites for hydroxylation is 1. The summed E-state index contributed by atoms with van der Waals surface area (Å²) >= 11 is 0. The number of hydrogen-bond donors (Lipinski definition) is 1. The number of aliphatic hydroxyl groups is 1. The lowest BCUT2D eigenvalue weighted by Gasteiger charge is -2.40. The highest BCUT2D eigenvalue weighted by Crippen LogP contribution is 2.44. The van der Waals surface area contributed by atoms with Crippen molar-refractivity contribution in [2.24, 2.45) is 5.41 Å². The summed E-state index contributed by atoms with van der Waals surface area (Å²) < 4.78 is 1.86. The van der Waals surface area contributed by atoms with Crippen molar-refractivity contribution in [3.8, 4) is 0 Å². The van der Waals surface area contributed by atoms with E-state index in [0.29, 0.717) is 5.41 Å². The molecule has 96 valence electrons. The first kappa shape index (κ1) is 12.6. The summed E-state index contributed by atoms with van der Waals surface area (Å²) in [4.78, 5) is 0. The van der Waals surface area contributed by atoms with Gasteiger partial charge in [-0.25, -0.2) is 4.68 Å². The topological polar surface area (TPSA) is 50.9 Å². The molecule has 1 aromatic heterocycles. The molecule has 0 aliphatic heterocycles. The molecular formula is C13H23N3O. The second-order valence-corrected chi connectivity index (χ2v) is 6.04. The van der Waals surface area contributed by atoms with Crippen LogP contribution < -0.4 is 0 Å². The molecule has 1 heterocycles. The Kier molecular flexibility index (Phi) is 3.25. The van der Waals surface area contributed by atoms with Gasteiger partial charge in [0.1, 0.15) is 5.60 Å². The average molecular weight is 237 g/mol.